The lowest BCUT2D eigenvalue weighted by molar-refractivity contribution is 0.464. The number of aromatic hydroxyl groups is 1. The minimum absolute atomic E-state index is 0.142. The average Bonchev–Trinajstić information content (AvgIpc) is 2.35. The number of halogens is 2. The lowest BCUT2D eigenvalue weighted by Crippen LogP contribution is -2.14. The first-order valence-corrected chi connectivity index (χ1v) is 5.97. The molecule has 2 aromatic carbocycles. The summed E-state index contributed by atoms with van der Waals surface area (Å²) in [5.74, 6) is -0.100. The van der Waals surface area contributed by atoms with Crippen LogP contribution in [0.1, 0.15) is 11.1 Å². The van der Waals surface area contributed by atoms with E-state index in [1.165, 1.54) is 6.07 Å². The van der Waals surface area contributed by atoms with Crippen molar-refractivity contribution in [3.63, 3.8) is 0 Å². The maximum absolute atomic E-state index is 13.4. The maximum atomic E-state index is 13.4. The highest BCUT2D eigenvalue weighted by Gasteiger charge is 2.06. The second-order valence-electron chi connectivity index (χ2n) is 3.93. The quantitative estimate of drug-likeness (QED) is 0.887. The highest BCUT2D eigenvalue weighted by molar-refractivity contribution is 6.31. The highest BCUT2D eigenvalue weighted by atomic mass is 35.5. The van der Waals surface area contributed by atoms with Crippen LogP contribution in [0.3, 0.4) is 0 Å². The van der Waals surface area contributed by atoms with E-state index in [2.05, 4.69) is 5.32 Å². The van der Waals surface area contributed by atoms with Crippen LogP contribution in [0.4, 0.5) is 4.39 Å². The third-order valence-electron chi connectivity index (χ3n) is 2.67. The number of rotatable bonds is 4. The second kappa shape index (κ2) is 5.85. The molecular formula is C14H13ClFNO. The average molecular weight is 266 g/mol. The van der Waals surface area contributed by atoms with Crippen LogP contribution in [0, 0.1) is 5.82 Å². The minimum atomic E-state index is -0.242. The van der Waals surface area contributed by atoms with E-state index in [0.717, 1.165) is 0 Å². The van der Waals surface area contributed by atoms with Crippen molar-refractivity contribution < 1.29 is 9.50 Å². The van der Waals surface area contributed by atoms with Crippen molar-refractivity contribution in [3.05, 3.63) is 64.4 Å². The van der Waals surface area contributed by atoms with Crippen molar-refractivity contribution >= 4 is 11.6 Å². The molecule has 2 aromatic rings. The molecule has 0 bridgehead atoms. The van der Waals surface area contributed by atoms with E-state index in [1.807, 2.05) is 0 Å². The molecule has 0 aliphatic rings. The van der Waals surface area contributed by atoms with Crippen molar-refractivity contribution in [1.82, 2.24) is 5.32 Å². The van der Waals surface area contributed by atoms with Crippen LogP contribution in [0.25, 0.3) is 0 Å². The molecule has 0 heterocycles. The van der Waals surface area contributed by atoms with Crippen LogP contribution in [0.2, 0.25) is 5.02 Å². The lowest BCUT2D eigenvalue weighted by atomic mass is 10.2. The molecule has 2 rings (SSSR count). The molecule has 0 spiro atoms. The molecule has 0 unspecified atom stereocenters. The molecule has 0 fully saturated rings. The summed E-state index contributed by atoms with van der Waals surface area (Å²) >= 11 is 5.97. The first-order chi connectivity index (χ1) is 8.68. The molecule has 18 heavy (non-hydrogen) atoms. The summed E-state index contributed by atoms with van der Waals surface area (Å²) in [4.78, 5) is 0. The second-order valence-corrected chi connectivity index (χ2v) is 4.34. The fourth-order valence-corrected chi connectivity index (χ4v) is 1.92. The Morgan fingerprint density at radius 2 is 1.83 bits per heavy atom. The van der Waals surface area contributed by atoms with Crippen LogP contribution in [0.15, 0.2) is 42.5 Å². The molecule has 0 saturated carbocycles. The molecule has 0 aliphatic carbocycles. The van der Waals surface area contributed by atoms with E-state index in [-0.39, 0.29) is 11.6 Å². The van der Waals surface area contributed by atoms with Crippen LogP contribution in [-0.2, 0) is 13.1 Å². The van der Waals surface area contributed by atoms with Gasteiger partial charge in [-0.2, -0.15) is 0 Å². The zero-order valence-corrected chi connectivity index (χ0v) is 10.4. The summed E-state index contributed by atoms with van der Waals surface area (Å²) in [6.07, 6.45) is 0. The standard InChI is InChI=1S/C14H13ClFNO/c15-12-5-3-7-14(18)11(12)9-17-8-10-4-1-2-6-13(10)16/h1-7,17-18H,8-9H2. The van der Waals surface area contributed by atoms with Crippen molar-refractivity contribution in [2.45, 2.75) is 13.1 Å². The molecule has 4 heteroatoms. The topological polar surface area (TPSA) is 32.3 Å². The number of phenols is 1. The Balaban J connectivity index is 1.99. The van der Waals surface area contributed by atoms with Gasteiger partial charge in [0.1, 0.15) is 11.6 Å². The van der Waals surface area contributed by atoms with Crippen molar-refractivity contribution in [2.24, 2.45) is 0 Å². The van der Waals surface area contributed by atoms with Gasteiger partial charge in [0.05, 0.1) is 0 Å². The van der Waals surface area contributed by atoms with E-state index in [0.29, 0.717) is 29.2 Å². The van der Waals surface area contributed by atoms with Gasteiger partial charge in [0.2, 0.25) is 0 Å². The van der Waals surface area contributed by atoms with Gasteiger partial charge in [0.25, 0.3) is 0 Å². The fraction of sp³-hybridized carbons (Fsp3) is 0.143. The summed E-state index contributed by atoms with van der Waals surface area (Å²) in [5.41, 5.74) is 1.21. The molecule has 94 valence electrons. The predicted octanol–water partition coefficient (Wildman–Crippen LogP) is 3.47. The Labute approximate surface area is 110 Å². The Morgan fingerprint density at radius 3 is 2.56 bits per heavy atom. The summed E-state index contributed by atoms with van der Waals surface area (Å²) in [6.45, 7) is 0.775. The van der Waals surface area contributed by atoms with Gasteiger partial charge in [0.15, 0.2) is 0 Å². The van der Waals surface area contributed by atoms with Gasteiger partial charge in [-0.3, -0.25) is 0 Å². The summed E-state index contributed by atoms with van der Waals surface area (Å²) in [7, 11) is 0. The molecule has 0 amide bonds. The molecule has 0 aliphatic heterocycles. The number of hydrogen-bond donors (Lipinski definition) is 2. The molecule has 0 aromatic heterocycles. The normalized spacial score (nSPS) is 10.6. The van der Waals surface area contributed by atoms with E-state index in [4.69, 9.17) is 11.6 Å². The number of phenolic OH excluding ortho intramolecular Hbond substituents is 1. The van der Waals surface area contributed by atoms with Crippen LogP contribution in [0.5, 0.6) is 5.75 Å². The van der Waals surface area contributed by atoms with Gasteiger partial charge in [-0.25, -0.2) is 4.39 Å². The van der Waals surface area contributed by atoms with Crippen LogP contribution >= 0.6 is 11.6 Å². The predicted molar refractivity (Wildman–Crippen MR) is 70.1 cm³/mol. The van der Waals surface area contributed by atoms with E-state index < -0.39 is 0 Å². The van der Waals surface area contributed by atoms with Gasteiger partial charge in [-0.05, 0) is 18.2 Å². The van der Waals surface area contributed by atoms with E-state index in [1.54, 1.807) is 36.4 Å². The SMILES string of the molecule is Oc1cccc(Cl)c1CNCc1ccccc1F. The lowest BCUT2D eigenvalue weighted by Gasteiger charge is -2.09. The van der Waals surface area contributed by atoms with E-state index >= 15 is 0 Å². The van der Waals surface area contributed by atoms with E-state index in [9.17, 15) is 9.50 Å². The fourth-order valence-electron chi connectivity index (χ4n) is 1.69. The number of nitrogens with one attached hydrogen (secondary N) is 1. The summed E-state index contributed by atoms with van der Waals surface area (Å²) in [5, 5.41) is 13.2. The Kier molecular flexibility index (Phi) is 4.18. The third-order valence-corrected chi connectivity index (χ3v) is 3.02. The largest absolute Gasteiger partial charge is 0.508 e. The molecule has 0 saturated heterocycles. The zero-order chi connectivity index (χ0) is 13.0. The molecule has 0 radical (unpaired) electrons. The summed E-state index contributed by atoms with van der Waals surface area (Å²) in [6, 6.07) is 11.5. The van der Waals surface area contributed by atoms with Gasteiger partial charge in [-0.15, -0.1) is 0 Å². The van der Waals surface area contributed by atoms with Crippen LogP contribution < -0.4 is 5.32 Å². The molecular weight excluding hydrogens is 253 g/mol. The van der Waals surface area contributed by atoms with Gasteiger partial charge in [-0.1, -0.05) is 35.9 Å². The Bertz CT molecular complexity index is 525. The first-order valence-electron chi connectivity index (χ1n) is 5.59. The third kappa shape index (κ3) is 3.00. The maximum Gasteiger partial charge on any atom is 0.127 e. The van der Waals surface area contributed by atoms with Gasteiger partial charge < -0.3 is 10.4 Å². The van der Waals surface area contributed by atoms with Crippen LogP contribution in [-0.4, -0.2) is 5.11 Å². The molecule has 2 N–H and O–H groups in total. The molecule has 2 nitrogen and oxygen atoms in total. The van der Waals surface area contributed by atoms with Gasteiger partial charge in [0, 0.05) is 29.2 Å². The number of hydrogen-bond acceptors (Lipinski definition) is 2. The monoisotopic (exact) mass is 265 g/mol. The van der Waals surface area contributed by atoms with Crippen molar-refractivity contribution in [1.29, 1.82) is 0 Å². The van der Waals surface area contributed by atoms with Crippen molar-refractivity contribution in [2.75, 3.05) is 0 Å². The van der Waals surface area contributed by atoms with Crippen molar-refractivity contribution in [3.8, 4) is 5.75 Å². The Morgan fingerprint density at radius 1 is 1.06 bits per heavy atom. The zero-order valence-electron chi connectivity index (χ0n) is 9.66. The Hall–Kier alpha value is -1.58. The number of benzene rings is 2. The highest BCUT2D eigenvalue weighted by Crippen LogP contribution is 2.24. The first kappa shape index (κ1) is 12.9. The summed E-state index contributed by atoms with van der Waals surface area (Å²) < 4.78 is 13.4. The smallest absolute Gasteiger partial charge is 0.127 e. The molecule has 0 atom stereocenters. The minimum Gasteiger partial charge on any atom is -0.508 e. The van der Waals surface area contributed by atoms with Gasteiger partial charge >= 0.3 is 0 Å².